The minimum atomic E-state index is -2.85. The number of nitrogens with one attached hydrogen (secondary N) is 1. The van der Waals surface area contributed by atoms with Crippen LogP contribution in [0, 0.1) is 5.92 Å². The van der Waals surface area contributed by atoms with Gasteiger partial charge in [-0.3, -0.25) is 4.79 Å². The average Bonchev–Trinajstić information content (AvgIpc) is 2.55. The van der Waals surface area contributed by atoms with Crippen LogP contribution in [0.3, 0.4) is 0 Å². The van der Waals surface area contributed by atoms with Crippen molar-refractivity contribution in [1.29, 1.82) is 0 Å². The van der Waals surface area contributed by atoms with E-state index in [4.69, 9.17) is 5.73 Å². The summed E-state index contributed by atoms with van der Waals surface area (Å²) in [5, 5.41) is 2.77. The lowest BCUT2D eigenvalue weighted by Gasteiger charge is -2.12. The summed E-state index contributed by atoms with van der Waals surface area (Å²) in [7, 11) is -2.85. The highest BCUT2D eigenvalue weighted by Crippen LogP contribution is 2.17. The van der Waals surface area contributed by atoms with E-state index in [9.17, 15) is 13.2 Å². The Morgan fingerprint density at radius 2 is 2.24 bits per heavy atom. The Labute approximate surface area is 103 Å². The molecule has 0 aliphatic carbocycles. The first-order valence-corrected chi connectivity index (χ1v) is 7.97. The highest BCUT2D eigenvalue weighted by Gasteiger charge is 2.27. The fraction of sp³-hybridized carbons (Fsp3) is 0.909. The Hall–Kier alpha value is -0.620. The number of nitrogens with two attached hydrogens (primary N) is 1. The topological polar surface area (TPSA) is 89.3 Å². The van der Waals surface area contributed by atoms with Crippen molar-refractivity contribution >= 4 is 15.7 Å². The number of carbonyl (C=O) groups is 1. The number of carbonyl (C=O) groups excluding carboxylic acids is 1. The highest BCUT2D eigenvalue weighted by molar-refractivity contribution is 7.91. The molecule has 3 N–H and O–H groups in total. The molecule has 2 atom stereocenters. The second-order valence-corrected chi connectivity index (χ2v) is 7.05. The van der Waals surface area contributed by atoms with E-state index in [1.807, 2.05) is 6.92 Å². The van der Waals surface area contributed by atoms with Crippen molar-refractivity contribution in [1.82, 2.24) is 5.32 Å². The fourth-order valence-electron chi connectivity index (χ4n) is 2.07. The Balaban J connectivity index is 2.20. The van der Waals surface area contributed by atoms with Crippen LogP contribution in [-0.4, -0.2) is 38.4 Å². The molecule has 0 spiro atoms. The molecule has 1 aliphatic rings. The van der Waals surface area contributed by atoms with Crippen LogP contribution in [0.25, 0.3) is 0 Å². The van der Waals surface area contributed by atoms with E-state index in [1.165, 1.54) is 0 Å². The van der Waals surface area contributed by atoms with E-state index in [-0.39, 0.29) is 29.4 Å². The zero-order chi connectivity index (χ0) is 12.9. The summed E-state index contributed by atoms with van der Waals surface area (Å²) in [6, 6.07) is -0.0905. The van der Waals surface area contributed by atoms with Gasteiger partial charge in [-0.15, -0.1) is 0 Å². The first-order chi connectivity index (χ1) is 7.93. The van der Waals surface area contributed by atoms with Gasteiger partial charge in [-0.2, -0.15) is 0 Å². The third-order valence-electron chi connectivity index (χ3n) is 3.02. The monoisotopic (exact) mass is 262 g/mol. The van der Waals surface area contributed by atoms with E-state index < -0.39 is 9.84 Å². The summed E-state index contributed by atoms with van der Waals surface area (Å²) in [5.74, 6) is 0.457. The maximum atomic E-state index is 11.5. The highest BCUT2D eigenvalue weighted by atomic mass is 32.2. The van der Waals surface area contributed by atoms with Crippen molar-refractivity contribution < 1.29 is 13.2 Å². The Kier molecular flexibility index (Phi) is 5.39. The van der Waals surface area contributed by atoms with Crippen LogP contribution in [-0.2, 0) is 14.6 Å². The van der Waals surface area contributed by atoms with Gasteiger partial charge in [0, 0.05) is 19.0 Å². The van der Waals surface area contributed by atoms with Crippen LogP contribution in [0.2, 0.25) is 0 Å². The van der Waals surface area contributed by atoms with Crippen LogP contribution in [0.4, 0.5) is 0 Å². The largest absolute Gasteiger partial charge is 0.356 e. The zero-order valence-electron chi connectivity index (χ0n) is 10.3. The SMILES string of the molecule is CCCC(N)CC(=O)NCC1CCS(=O)(=O)C1. The van der Waals surface area contributed by atoms with Crippen molar-refractivity contribution in [3.63, 3.8) is 0 Å². The molecule has 0 bridgehead atoms. The zero-order valence-corrected chi connectivity index (χ0v) is 11.1. The van der Waals surface area contributed by atoms with Gasteiger partial charge in [0.05, 0.1) is 11.5 Å². The lowest BCUT2D eigenvalue weighted by molar-refractivity contribution is -0.121. The molecule has 100 valence electrons. The van der Waals surface area contributed by atoms with Crippen LogP contribution in [0.5, 0.6) is 0 Å². The van der Waals surface area contributed by atoms with Gasteiger partial charge in [-0.05, 0) is 18.8 Å². The molecular weight excluding hydrogens is 240 g/mol. The lowest BCUT2D eigenvalue weighted by Crippen LogP contribution is -2.34. The summed E-state index contributed by atoms with van der Waals surface area (Å²) in [6.45, 7) is 2.48. The molecule has 0 saturated carbocycles. The molecule has 2 unspecified atom stereocenters. The Bertz CT molecular complexity index is 354. The third kappa shape index (κ3) is 5.50. The van der Waals surface area contributed by atoms with E-state index in [0.29, 0.717) is 19.4 Å². The first kappa shape index (κ1) is 14.4. The van der Waals surface area contributed by atoms with Crippen LogP contribution in [0.1, 0.15) is 32.6 Å². The smallest absolute Gasteiger partial charge is 0.221 e. The van der Waals surface area contributed by atoms with E-state index in [1.54, 1.807) is 0 Å². The van der Waals surface area contributed by atoms with Crippen molar-refractivity contribution in [2.75, 3.05) is 18.1 Å². The number of hydrogen-bond donors (Lipinski definition) is 2. The molecule has 5 nitrogen and oxygen atoms in total. The van der Waals surface area contributed by atoms with Crippen LogP contribution < -0.4 is 11.1 Å². The number of sulfone groups is 1. The van der Waals surface area contributed by atoms with Gasteiger partial charge >= 0.3 is 0 Å². The average molecular weight is 262 g/mol. The molecule has 0 aromatic carbocycles. The molecular formula is C11H22N2O3S. The van der Waals surface area contributed by atoms with Gasteiger partial charge in [0.2, 0.25) is 5.91 Å². The van der Waals surface area contributed by atoms with Crippen molar-refractivity contribution in [2.24, 2.45) is 11.7 Å². The van der Waals surface area contributed by atoms with Crippen LogP contribution >= 0.6 is 0 Å². The summed E-state index contributed by atoms with van der Waals surface area (Å²) in [6.07, 6.45) is 2.79. The van der Waals surface area contributed by atoms with Crippen LogP contribution in [0.15, 0.2) is 0 Å². The molecule has 1 rings (SSSR count). The first-order valence-electron chi connectivity index (χ1n) is 6.15. The maximum Gasteiger partial charge on any atom is 0.221 e. The molecule has 17 heavy (non-hydrogen) atoms. The molecule has 1 saturated heterocycles. The van der Waals surface area contributed by atoms with Gasteiger partial charge in [0.15, 0.2) is 9.84 Å². The maximum absolute atomic E-state index is 11.5. The van der Waals surface area contributed by atoms with Crippen molar-refractivity contribution in [2.45, 2.75) is 38.6 Å². The summed E-state index contributed by atoms with van der Waals surface area (Å²) < 4.78 is 22.4. The van der Waals surface area contributed by atoms with Gasteiger partial charge in [-0.25, -0.2) is 8.42 Å². The Morgan fingerprint density at radius 3 is 2.76 bits per heavy atom. The second kappa shape index (κ2) is 6.35. The molecule has 1 fully saturated rings. The van der Waals surface area contributed by atoms with Gasteiger partial charge < -0.3 is 11.1 Å². The van der Waals surface area contributed by atoms with Gasteiger partial charge in [-0.1, -0.05) is 13.3 Å². The van der Waals surface area contributed by atoms with Gasteiger partial charge in [0.1, 0.15) is 0 Å². The van der Waals surface area contributed by atoms with E-state index in [0.717, 1.165) is 12.8 Å². The molecule has 0 aromatic heterocycles. The Morgan fingerprint density at radius 1 is 1.53 bits per heavy atom. The number of amides is 1. The summed E-state index contributed by atoms with van der Waals surface area (Å²) >= 11 is 0. The molecule has 0 radical (unpaired) electrons. The molecule has 1 aliphatic heterocycles. The quantitative estimate of drug-likeness (QED) is 0.708. The van der Waals surface area contributed by atoms with E-state index >= 15 is 0 Å². The van der Waals surface area contributed by atoms with E-state index in [2.05, 4.69) is 5.32 Å². The number of rotatable bonds is 6. The lowest BCUT2D eigenvalue weighted by atomic mass is 10.1. The number of hydrogen-bond acceptors (Lipinski definition) is 4. The molecule has 6 heteroatoms. The minimum absolute atomic E-state index is 0.0738. The fourth-order valence-corrected chi connectivity index (χ4v) is 3.94. The third-order valence-corrected chi connectivity index (χ3v) is 4.86. The van der Waals surface area contributed by atoms with Gasteiger partial charge in [0.25, 0.3) is 0 Å². The predicted octanol–water partition coefficient (Wildman–Crippen LogP) is 0.0548. The van der Waals surface area contributed by atoms with Crippen molar-refractivity contribution in [3.8, 4) is 0 Å². The minimum Gasteiger partial charge on any atom is -0.356 e. The second-order valence-electron chi connectivity index (χ2n) is 4.83. The molecule has 0 aromatic rings. The summed E-state index contributed by atoms with van der Waals surface area (Å²) in [5.41, 5.74) is 5.76. The molecule has 1 heterocycles. The van der Waals surface area contributed by atoms with Crippen molar-refractivity contribution in [3.05, 3.63) is 0 Å². The predicted molar refractivity (Wildman–Crippen MR) is 67.3 cm³/mol. The standard InChI is InChI=1S/C11H22N2O3S/c1-2-3-10(12)6-11(14)13-7-9-4-5-17(15,16)8-9/h9-10H,2-8,12H2,1H3,(H,13,14). The molecule has 1 amide bonds. The normalized spacial score (nSPS) is 24.5. The summed E-state index contributed by atoms with van der Waals surface area (Å²) in [4.78, 5) is 11.5.